The van der Waals surface area contributed by atoms with Gasteiger partial charge in [-0.25, -0.2) is 14.8 Å². The summed E-state index contributed by atoms with van der Waals surface area (Å²) in [5.41, 5.74) is 2.16. The van der Waals surface area contributed by atoms with Crippen molar-refractivity contribution < 1.29 is 19.1 Å². The third kappa shape index (κ3) is 6.83. The molecule has 12 heteroatoms. The van der Waals surface area contributed by atoms with E-state index in [1.54, 1.807) is 54.9 Å². The van der Waals surface area contributed by atoms with E-state index in [0.29, 0.717) is 34.4 Å². The molecule has 3 N–H and O–H groups in total. The SMILES string of the molecule is C=CC(=O)Nc1ccccc1Nc1cc(N(Cc2cccnc2)C(=O)Nc2cc(OC)cc(OC)c2Cl)ncn1. The highest BCUT2D eigenvalue weighted by atomic mass is 35.5. The number of amides is 3. The average molecular weight is 560 g/mol. The fraction of sp³-hybridized carbons (Fsp3) is 0.107. The summed E-state index contributed by atoms with van der Waals surface area (Å²) in [6, 6.07) is 15.0. The highest BCUT2D eigenvalue weighted by molar-refractivity contribution is 6.35. The van der Waals surface area contributed by atoms with Crippen LogP contribution in [0.4, 0.5) is 33.5 Å². The zero-order valence-corrected chi connectivity index (χ0v) is 22.5. The topological polar surface area (TPSA) is 131 Å². The molecule has 0 spiro atoms. The molecule has 2 heterocycles. The van der Waals surface area contributed by atoms with Crippen LogP contribution in [0.15, 0.2) is 86.0 Å². The van der Waals surface area contributed by atoms with Crippen molar-refractivity contribution in [2.75, 3.05) is 35.1 Å². The molecular formula is C28H26ClN7O4. The summed E-state index contributed by atoms with van der Waals surface area (Å²) in [4.78, 5) is 39.7. The minimum absolute atomic E-state index is 0.140. The molecule has 2 aromatic heterocycles. The van der Waals surface area contributed by atoms with Gasteiger partial charge in [0.2, 0.25) is 5.91 Å². The van der Waals surface area contributed by atoms with Crippen molar-refractivity contribution in [1.82, 2.24) is 15.0 Å². The van der Waals surface area contributed by atoms with Crippen molar-refractivity contribution in [2.24, 2.45) is 0 Å². The average Bonchev–Trinajstić information content (AvgIpc) is 2.98. The summed E-state index contributed by atoms with van der Waals surface area (Å²) in [6.45, 7) is 3.62. The second kappa shape index (κ2) is 13.1. The van der Waals surface area contributed by atoms with Crippen molar-refractivity contribution in [1.29, 1.82) is 0 Å². The molecule has 0 fully saturated rings. The maximum absolute atomic E-state index is 13.7. The number of carbonyl (C=O) groups is 2. The van der Waals surface area contributed by atoms with E-state index < -0.39 is 6.03 Å². The minimum Gasteiger partial charge on any atom is -0.497 e. The fourth-order valence-corrected chi connectivity index (χ4v) is 3.86. The van der Waals surface area contributed by atoms with E-state index in [2.05, 4.69) is 37.5 Å². The highest BCUT2D eigenvalue weighted by Gasteiger charge is 2.21. The molecule has 0 unspecified atom stereocenters. The molecule has 11 nitrogen and oxygen atoms in total. The molecule has 0 bridgehead atoms. The van der Waals surface area contributed by atoms with Crippen molar-refractivity contribution in [3.05, 3.63) is 96.6 Å². The number of anilines is 5. The molecule has 0 radical (unpaired) electrons. The van der Waals surface area contributed by atoms with Crippen LogP contribution < -0.4 is 30.3 Å². The van der Waals surface area contributed by atoms with Crippen LogP contribution in [0.5, 0.6) is 11.5 Å². The van der Waals surface area contributed by atoms with E-state index in [1.807, 2.05) is 12.1 Å². The summed E-state index contributed by atoms with van der Waals surface area (Å²) in [7, 11) is 2.97. The Morgan fingerprint density at radius 3 is 2.50 bits per heavy atom. The maximum atomic E-state index is 13.7. The molecule has 0 aliphatic carbocycles. The van der Waals surface area contributed by atoms with Crippen LogP contribution in [0.2, 0.25) is 5.02 Å². The Morgan fingerprint density at radius 2 is 1.80 bits per heavy atom. The fourth-order valence-electron chi connectivity index (χ4n) is 3.63. The first-order chi connectivity index (χ1) is 19.4. The van der Waals surface area contributed by atoms with E-state index in [9.17, 15) is 9.59 Å². The molecule has 0 aliphatic heterocycles. The predicted molar refractivity (Wildman–Crippen MR) is 155 cm³/mol. The highest BCUT2D eigenvalue weighted by Crippen LogP contribution is 2.37. The molecule has 204 valence electrons. The Kier molecular flexibility index (Phi) is 9.11. The molecule has 4 rings (SSSR count). The van der Waals surface area contributed by atoms with Crippen LogP contribution in [0.1, 0.15) is 5.56 Å². The first-order valence-electron chi connectivity index (χ1n) is 11.9. The lowest BCUT2D eigenvalue weighted by Crippen LogP contribution is -2.35. The summed E-state index contributed by atoms with van der Waals surface area (Å²) >= 11 is 6.47. The number of ether oxygens (including phenoxy) is 2. The van der Waals surface area contributed by atoms with Crippen molar-refractivity contribution in [3.63, 3.8) is 0 Å². The quantitative estimate of drug-likeness (QED) is 0.212. The number of rotatable bonds is 10. The van der Waals surface area contributed by atoms with E-state index in [1.165, 1.54) is 31.5 Å². The third-order valence-corrected chi connectivity index (χ3v) is 5.97. The lowest BCUT2D eigenvalue weighted by molar-refractivity contribution is -0.111. The molecule has 0 atom stereocenters. The van der Waals surface area contributed by atoms with E-state index in [-0.39, 0.29) is 23.3 Å². The van der Waals surface area contributed by atoms with Gasteiger partial charge in [0, 0.05) is 30.6 Å². The van der Waals surface area contributed by atoms with Crippen LogP contribution in [-0.2, 0) is 11.3 Å². The number of methoxy groups -OCH3 is 2. The van der Waals surface area contributed by atoms with Gasteiger partial charge in [-0.1, -0.05) is 36.4 Å². The summed E-state index contributed by atoms with van der Waals surface area (Å²) in [6.07, 6.45) is 5.80. The number of benzene rings is 2. The number of aromatic nitrogens is 3. The number of hydrogen-bond donors (Lipinski definition) is 3. The molecule has 0 saturated heterocycles. The van der Waals surface area contributed by atoms with Gasteiger partial charge in [-0.15, -0.1) is 0 Å². The van der Waals surface area contributed by atoms with Crippen molar-refractivity contribution in [3.8, 4) is 11.5 Å². The molecule has 2 aromatic carbocycles. The minimum atomic E-state index is -0.524. The summed E-state index contributed by atoms with van der Waals surface area (Å²) < 4.78 is 10.6. The van der Waals surface area contributed by atoms with E-state index in [0.717, 1.165) is 5.56 Å². The number of urea groups is 1. The van der Waals surface area contributed by atoms with Crippen LogP contribution in [-0.4, -0.2) is 41.1 Å². The van der Waals surface area contributed by atoms with E-state index in [4.69, 9.17) is 21.1 Å². The van der Waals surface area contributed by atoms with Crippen LogP contribution >= 0.6 is 11.6 Å². The lowest BCUT2D eigenvalue weighted by Gasteiger charge is -2.23. The smallest absolute Gasteiger partial charge is 0.327 e. The van der Waals surface area contributed by atoms with Gasteiger partial charge in [0.1, 0.15) is 34.5 Å². The largest absolute Gasteiger partial charge is 0.497 e. The Bertz CT molecular complexity index is 1520. The van der Waals surface area contributed by atoms with Gasteiger partial charge < -0.3 is 25.4 Å². The number of nitrogens with zero attached hydrogens (tertiary/aromatic N) is 4. The third-order valence-electron chi connectivity index (χ3n) is 5.58. The zero-order chi connectivity index (χ0) is 28.5. The molecule has 3 amide bonds. The second-order valence-electron chi connectivity index (χ2n) is 8.19. The molecule has 4 aromatic rings. The standard InChI is InChI=1S/C28H26ClN7O4/c1-4-26(37)34-21-10-6-5-9-20(21)33-24-14-25(32-17-31-24)36(16-18-8-7-11-30-15-18)28(38)35-22-12-19(39-2)13-23(40-3)27(22)29/h4-15,17H,1,16H2,2-3H3,(H,34,37)(H,35,38)(H,31,32,33). The number of halogens is 1. The van der Waals surface area contributed by atoms with Gasteiger partial charge in [0.15, 0.2) is 0 Å². The normalized spacial score (nSPS) is 10.3. The Labute approximate surface area is 235 Å². The number of carbonyl (C=O) groups excluding carboxylic acids is 2. The van der Waals surface area contributed by atoms with Crippen LogP contribution in [0, 0.1) is 0 Å². The lowest BCUT2D eigenvalue weighted by atomic mass is 10.2. The number of nitrogens with one attached hydrogen (secondary N) is 3. The Hall–Kier alpha value is -5.16. The predicted octanol–water partition coefficient (Wildman–Crippen LogP) is 5.65. The number of hydrogen-bond acceptors (Lipinski definition) is 8. The second-order valence-corrected chi connectivity index (χ2v) is 8.57. The van der Waals surface area contributed by atoms with Gasteiger partial charge in [-0.05, 0) is 29.8 Å². The molecular weight excluding hydrogens is 534 g/mol. The number of pyridine rings is 1. The Balaban J connectivity index is 1.67. The van der Waals surface area contributed by atoms with E-state index >= 15 is 0 Å². The van der Waals surface area contributed by atoms with Crippen molar-refractivity contribution >= 4 is 52.2 Å². The zero-order valence-electron chi connectivity index (χ0n) is 21.7. The monoisotopic (exact) mass is 559 g/mol. The summed E-state index contributed by atoms with van der Waals surface area (Å²) in [5, 5.41) is 8.94. The number of para-hydroxylation sites is 2. The van der Waals surface area contributed by atoms with Crippen LogP contribution in [0.25, 0.3) is 0 Å². The molecule has 40 heavy (non-hydrogen) atoms. The van der Waals surface area contributed by atoms with Gasteiger partial charge >= 0.3 is 6.03 Å². The van der Waals surface area contributed by atoms with Gasteiger partial charge in [-0.3, -0.25) is 14.7 Å². The van der Waals surface area contributed by atoms with Gasteiger partial charge in [0.05, 0.1) is 37.8 Å². The molecule has 0 saturated carbocycles. The first kappa shape index (κ1) is 27.9. The summed E-state index contributed by atoms with van der Waals surface area (Å²) in [5.74, 6) is 1.11. The molecule has 0 aliphatic rings. The van der Waals surface area contributed by atoms with Crippen LogP contribution in [0.3, 0.4) is 0 Å². The van der Waals surface area contributed by atoms with Gasteiger partial charge in [0.25, 0.3) is 0 Å². The first-order valence-corrected chi connectivity index (χ1v) is 12.3. The Morgan fingerprint density at radius 1 is 1.00 bits per heavy atom. The van der Waals surface area contributed by atoms with Gasteiger partial charge in [-0.2, -0.15) is 0 Å². The maximum Gasteiger partial charge on any atom is 0.327 e. The van der Waals surface area contributed by atoms with Crippen molar-refractivity contribution in [2.45, 2.75) is 6.54 Å².